The molecule has 0 unspecified atom stereocenters. The maximum Gasteiger partial charge on any atom is 0.279 e. The predicted octanol–water partition coefficient (Wildman–Crippen LogP) is 3.28. The molecule has 4 aromatic rings. The first-order valence-electron chi connectivity index (χ1n) is 10.6. The second kappa shape index (κ2) is 8.45. The van der Waals surface area contributed by atoms with Gasteiger partial charge in [0.05, 0.1) is 11.5 Å². The largest absolute Gasteiger partial charge is 0.494 e. The van der Waals surface area contributed by atoms with Crippen LogP contribution in [-0.4, -0.2) is 45.8 Å². The fourth-order valence-electron chi connectivity index (χ4n) is 3.99. The third-order valence-electron chi connectivity index (χ3n) is 5.64. The minimum atomic E-state index is -3.69. The third-order valence-corrected chi connectivity index (χ3v) is 7.50. The number of hydrogen-bond donors (Lipinski definition) is 0. The van der Waals surface area contributed by atoms with Crippen molar-refractivity contribution in [3.63, 3.8) is 0 Å². The van der Waals surface area contributed by atoms with E-state index in [1.165, 1.54) is 4.31 Å². The molecule has 0 radical (unpaired) electrons. The van der Waals surface area contributed by atoms with Gasteiger partial charge in [-0.3, -0.25) is 4.68 Å². The summed E-state index contributed by atoms with van der Waals surface area (Å²) in [5.74, 6) is 1.36. The maximum absolute atomic E-state index is 13.3. The van der Waals surface area contributed by atoms with Crippen LogP contribution in [0.25, 0.3) is 23.0 Å². The highest BCUT2D eigenvalue weighted by molar-refractivity contribution is 7.89. The van der Waals surface area contributed by atoms with E-state index in [-0.39, 0.29) is 17.3 Å². The standard InChI is InChI=1S/C23H23N5O4S/c1-3-31-17-9-11-18(12-10-17)33(29,30)28-14-13-20-19(15-28)21(25-27(20)2)23-24-22(26-32-23)16-7-5-4-6-8-16/h4-12H,3,13-15H2,1-2H3. The van der Waals surface area contributed by atoms with E-state index in [2.05, 4.69) is 15.2 Å². The van der Waals surface area contributed by atoms with Crippen LogP contribution < -0.4 is 4.74 Å². The third kappa shape index (κ3) is 3.91. The molecule has 0 N–H and O–H groups in total. The second-order valence-electron chi connectivity index (χ2n) is 7.68. The summed E-state index contributed by atoms with van der Waals surface area (Å²) in [5.41, 5.74) is 3.08. The maximum atomic E-state index is 13.3. The fourth-order valence-corrected chi connectivity index (χ4v) is 5.40. The van der Waals surface area contributed by atoms with Crippen molar-refractivity contribution < 1.29 is 17.7 Å². The van der Waals surface area contributed by atoms with Crippen LogP contribution in [0.1, 0.15) is 18.2 Å². The summed E-state index contributed by atoms with van der Waals surface area (Å²) in [4.78, 5) is 4.74. The van der Waals surface area contributed by atoms with Gasteiger partial charge in [-0.1, -0.05) is 35.5 Å². The monoisotopic (exact) mass is 465 g/mol. The number of nitrogens with zero attached hydrogens (tertiary/aromatic N) is 5. The summed E-state index contributed by atoms with van der Waals surface area (Å²) in [7, 11) is -1.85. The molecule has 0 bridgehead atoms. The first kappa shape index (κ1) is 21.4. The highest BCUT2D eigenvalue weighted by Crippen LogP contribution is 2.32. The van der Waals surface area contributed by atoms with Gasteiger partial charge in [-0.2, -0.15) is 14.4 Å². The molecule has 3 heterocycles. The minimum Gasteiger partial charge on any atom is -0.494 e. The van der Waals surface area contributed by atoms with Crippen molar-refractivity contribution in [3.05, 3.63) is 65.9 Å². The van der Waals surface area contributed by atoms with Crippen LogP contribution in [0.15, 0.2) is 64.0 Å². The molecule has 0 saturated carbocycles. The van der Waals surface area contributed by atoms with Crippen LogP contribution in [0, 0.1) is 0 Å². The van der Waals surface area contributed by atoms with E-state index in [1.807, 2.05) is 44.3 Å². The Hall–Kier alpha value is -3.50. The van der Waals surface area contributed by atoms with E-state index >= 15 is 0 Å². The summed E-state index contributed by atoms with van der Waals surface area (Å²) in [6, 6.07) is 16.0. The Bertz CT molecular complexity index is 1380. The fraction of sp³-hybridized carbons (Fsp3) is 0.261. The highest BCUT2D eigenvalue weighted by Gasteiger charge is 2.33. The Labute approximate surface area is 191 Å². The number of benzene rings is 2. The van der Waals surface area contributed by atoms with Gasteiger partial charge in [0.2, 0.25) is 15.8 Å². The van der Waals surface area contributed by atoms with Crippen LogP contribution in [-0.2, 0) is 30.0 Å². The van der Waals surface area contributed by atoms with E-state index in [0.717, 1.165) is 16.8 Å². The van der Waals surface area contributed by atoms with Crippen LogP contribution in [0.3, 0.4) is 0 Å². The lowest BCUT2D eigenvalue weighted by Crippen LogP contribution is -2.36. The summed E-state index contributed by atoms with van der Waals surface area (Å²) in [6.07, 6.45) is 0.536. The summed E-state index contributed by atoms with van der Waals surface area (Å²) in [6.45, 7) is 2.94. The van der Waals surface area contributed by atoms with Gasteiger partial charge < -0.3 is 9.26 Å². The molecule has 1 aliphatic rings. The number of hydrogen-bond acceptors (Lipinski definition) is 7. The number of ether oxygens (including phenoxy) is 1. The molecule has 0 spiro atoms. The molecule has 2 aromatic carbocycles. The lowest BCUT2D eigenvalue weighted by molar-refractivity contribution is 0.340. The molecule has 0 aliphatic carbocycles. The number of fused-ring (bicyclic) bond motifs is 1. The van der Waals surface area contributed by atoms with E-state index in [0.29, 0.717) is 36.8 Å². The van der Waals surface area contributed by atoms with E-state index < -0.39 is 10.0 Å². The molecule has 0 amide bonds. The summed E-state index contributed by atoms with van der Waals surface area (Å²) >= 11 is 0. The first-order valence-corrected chi connectivity index (χ1v) is 12.1. The molecule has 9 nitrogen and oxygen atoms in total. The van der Waals surface area contributed by atoms with E-state index in [4.69, 9.17) is 9.26 Å². The van der Waals surface area contributed by atoms with Gasteiger partial charge in [-0.05, 0) is 31.2 Å². The van der Waals surface area contributed by atoms with Crippen LogP contribution in [0.4, 0.5) is 0 Å². The average Bonchev–Trinajstić information content (AvgIpc) is 3.45. The number of aromatic nitrogens is 4. The molecule has 33 heavy (non-hydrogen) atoms. The molecule has 170 valence electrons. The van der Waals surface area contributed by atoms with Crippen LogP contribution >= 0.6 is 0 Å². The van der Waals surface area contributed by atoms with Gasteiger partial charge in [0.1, 0.15) is 5.75 Å². The van der Waals surface area contributed by atoms with Crippen molar-refractivity contribution in [2.75, 3.05) is 13.2 Å². The van der Waals surface area contributed by atoms with Crippen molar-refractivity contribution in [1.29, 1.82) is 0 Å². The average molecular weight is 466 g/mol. The quantitative estimate of drug-likeness (QED) is 0.430. The van der Waals surface area contributed by atoms with Gasteiger partial charge in [0.15, 0.2) is 5.69 Å². The van der Waals surface area contributed by atoms with Gasteiger partial charge >= 0.3 is 0 Å². The zero-order valence-corrected chi connectivity index (χ0v) is 19.1. The minimum absolute atomic E-state index is 0.178. The van der Waals surface area contributed by atoms with Gasteiger partial charge in [-0.25, -0.2) is 8.42 Å². The highest BCUT2D eigenvalue weighted by atomic mass is 32.2. The van der Waals surface area contributed by atoms with Crippen molar-refractivity contribution in [2.45, 2.75) is 24.8 Å². The molecule has 0 fully saturated rings. The zero-order valence-electron chi connectivity index (χ0n) is 18.3. The van der Waals surface area contributed by atoms with Gasteiger partial charge in [0.25, 0.3) is 5.89 Å². The van der Waals surface area contributed by atoms with Crippen molar-refractivity contribution >= 4 is 10.0 Å². The SMILES string of the molecule is CCOc1ccc(S(=O)(=O)N2CCc3c(c(-c4nc(-c5ccccc5)no4)nn3C)C2)cc1. The topological polar surface area (TPSA) is 103 Å². The first-order chi connectivity index (χ1) is 16.0. The summed E-state index contributed by atoms with van der Waals surface area (Å²) < 4.78 is 40.8. The molecule has 0 saturated heterocycles. The number of aryl methyl sites for hydroxylation is 1. The molecular weight excluding hydrogens is 442 g/mol. The van der Waals surface area contributed by atoms with Gasteiger partial charge in [0, 0.05) is 43.4 Å². The Morgan fingerprint density at radius 3 is 2.58 bits per heavy atom. The van der Waals surface area contributed by atoms with E-state index in [1.54, 1.807) is 28.9 Å². The number of sulfonamides is 1. The zero-order chi connectivity index (χ0) is 23.0. The molecule has 1 aliphatic heterocycles. The molecule has 5 rings (SSSR count). The lowest BCUT2D eigenvalue weighted by Gasteiger charge is -2.26. The number of rotatable bonds is 6. The Kier molecular flexibility index (Phi) is 5.47. The van der Waals surface area contributed by atoms with E-state index in [9.17, 15) is 8.42 Å². The van der Waals surface area contributed by atoms with Crippen LogP contribution in [0.5, 0.6) is 5.75 Å². The molecule has 0 atom stereocenters. The molecular formula is C23H23N5O4S. The van der Waals surface area contributed by atoms with Crippen molar-refractivity contribution in [1.82, 2.24) is 24.2 Å². The smallest absolute Gasteiger partial charge is 0.279 e. The lowest BCUT2D eigenvalue weighted by atomic mass is 10.1. The Balaban J connectivity index is 1.45. The molecule has 2 aromatic heterocycles. The Morgan fingerprint density at radius 1 is 1.09 bits per heavy atom. The normalized spacial score (nSPS) is 14.2. The second-order valence-corrected chi connectivity index (χ2v) is 9.62. The van der Waals surface area contributed by atoms with Crippen LogP contribution in [0.2, 0.25) is 0 Å². The predicted molar refractivity (Wildman–Crippen MR) is 121 cm³/mol. The Morgan fingerprint density at radius 2 is 1.85 bits per heavy atom. The van der Waals surface area contributed by atoms with Gasteiger partial charge in [-0.15, -0.1) is 0 Å². The van der Waals surface area contributed by atoms with Crippen molar-refractivity contribution in [2.24, 2.45) is 7.05 Å². The molecule has 10 heteroatoms. The summed E-state index contributed by atoms with van der Waals surface area (Å²) in [5, 5.41) is 8.65. The van der Waals surface area contributed by atoms with Crippen molar-refractivity contribution in [3.8, 4) is 28.7 Å².